The molecule has 10 heteroatoms. The van der Waals surface area contributed by atoms with E-state index in [-0.39, 0.29) is 29.4 Å². The lowest BCUT2D eigenvalue weighted by Crippen LogP contribution is -2.46. The Kier molecular flexibility index (Phi) is 7.36. The van der Waals surface area contributed by atoms with E-state index < -0.39 is 21.9 Å². The van der Waals surface area contributed by atoms with Crippen molar-refractivity contribution >= 4 is 10.0 Å². The second kappa shape index (κ2) is 9.52. The van der Waals surface area contributed by atoms with E-state index in [1.165, 1.54) is 15.2 Å². The molecule has 1 N–H and O–H groups in total. The molecule has 2 aromatic rings. The minimum Gasteiger partial charge on any atom is -0.317 e. The molecule has 0 radical (unpaired) electrons. The molecule has 1 saturated heterocycles. The lowest BCUT2D eigenvalue weighted by molar-refractivity contribution is -0.141. The Balaban J connectivity index is 1.77. The quantitative estimate of drug-likeness (QED) is 0.661. The van der Waals surface area contributed by atoms with E-state index in [4.69, 9.17) is 0 Å². The van der Waals surface area contributed by atoms with Gasteiger partial charge in [0.05, 0.1) is 4.90 Å². The van der Waals surface area contributed by atoms with E-state index in [0.717, 1.165) is 24.7 Å². The van der Waals surface area contributed by atoms with Crippen molar-refractivity contribution < 1.29 is 21.6 Å². The summed E-state index contributed by atoms with van der Waals surface area (Å²) in [4.78, 5) is 0.238. The maximum atomic E-state index is 13.5. The van der Waals surface area contributed by atoms with Crippen molar-refractivity contribution in [3.05, 3.63) is 47.8 Å². The molecule has 2 heterocycles. The smallest absolute Gasteiger partial charge is 0.317 e. The van der Waals surface area contributed by atoms with Crippen LogP contribution in [0, 0.1) is 0 Å². The molecule has 1 aromatic carbocycles. The summed E-state index contributed by atoms with van der Waals surface area (Å²) in [6, 6.07) is 7.76. The second-order valence-corrected chi connectivity index (χ2v) is 11.1. The third-order valence-electron chi connectivity index (χ3n) is 5.74. The summed E-state index contributed by atoms with van der Waals surface area (Å²) >= 11 is 0. The predicted octanol–water partition coefficient (Wildman–Crippen LogP) is 4.03. The molecule has 1 aliphatic rings. The minimum absolute atomic E-state index is 0.0873. The molecule has 1 fully saturated rings. The maximum Gasteiger partial charge on any atom is 0.435 e. The van der Waals surface area contributed by atoms with E-state index in [2.05, 4.69) is 31.2 Å². The molecule has 32 heavy (non-hydrogen) atoms. The molecule has 1 aliphatic heterocycles. The Morgan fingerprint density at radius 1 is 1.09 bits per heavy atom. The highest BCUT2D eigenvalue weighted by Crippen LogP contribution is 2.28. The van der Waals surface area contributed by atoms with Gasteiger partial charge in [-0.25, -0.2) is 8.42 Å². The summed E-state index contributed by atoms with van der Waals surface area (Å²) in [5.41, 5.74) is 0.0130. The molecule has 0 aliphatic carbocycles. The number of hydrogen-bond donors (Lipinski definition) is 1. The van der Waals surface area contributed by atoms with E-state index in [0.29, 0.717) is 19.3 Å². The number of halogens is 3. The van der Waals surface area contributed by atoms with Gasteiger partial charge in [0.2, 0.25) is 10.0 Å². The van der Waals surface area contributed by atoms with Gasteiger partial charge in [-0.2, -0.15) is 22.6 Å². The lowest BCUT2D eigenvalue weighted by Gasteiger charge is -2.34. The molecule has 0 bridgehead atoms. The third kappa shape index (κ3) is 5.90. The number of nitrogens with one attached hydrogen (secondary N) is 1. The molecule has 3 rings (SSSR count). The number of aryl methyl sites for hydroxylation is 1. The largest absolute Gasteiger partial charge is 0.435 e. The van der Waals surface area contributed by atoms with Crippen LogP contribution in [-0.2, 0) is 28.2 Å². The zero-order valence-electron chi connectivity index (χ0n) is 18.7. The molecule has 178 valence electrons. The van der Waals surface area contributed by atoms with Crippen LogP contribution in [0.1, 0.15) is 51.3 Å². The summed E-state index contributed by atoms with van der Waals surface area (Å²) in [6.45, 7) is 8.08. The van der Waals surface area contributed by atoms with Gasteiger partial charge in [0.25, 0.3) is 0 Å². The van der Waals surface area contributed by atoms with Gasteiger partial charge in [-0.15, -0.1) is 0 Å². The first-order valence-corrected chi connectivity index (χ1v) is 12.3. The monoisotopic (exact) mass is 472 g/mol. The topological polar surface area (TPSA) is 67.2 Å². The summed E-state index contributed by atoms with van der Waals surface area (Å²) in [5, 5.41) is 6.80. The van der Waals surface area contributed by atoms with Crippen molar-refractivity contribution in [2.45, 2.75) is 69.1 Å². The SMILES string of the molecule is CC(C)(C)c1ccc(S(=O)(=O)N(CCCn2ccc(C(F)(F)F)n2)C2CCNCC2)cc1. The van der Waals surface area contributed by atoms with E-state index in [9.17, 15) is 21.6 Å². The number of benzene rings is 1. The standard InChI is InChI=1S/C22H31F3N4O2S/c1-21(2,3)17-5-7-19(8-6-17)32(30,31)29(18-9-12-26-13-10-18)15-4-14-28-16-11-20(27-28)22(23,24)25/h5-8,11,16,18,26H,4,9-10,12-15H2,1-3H3. The number of piperidine rings is 1. The van der Waals surface area contributed by atoms with E-state index in [1.54, 1.807) is 12.1 Å². The molecule has 0 atom stereocenters. The molecule has 1 aromatic heterocycles. The second-order valence-electron chi connectivity index (χ2n) is 9.19. The van der Waals surface area contributed by atoms with Gasteiger partial charge in [0, 0.05) is 25.3 Å². The summed E-state index contributed by atoms with van der Waals surface area (Å²) in [7, 11) is -3.74. The van der Waals surface area contributed by atoms with Crippen molar-refractivity contribution in [3.8, 4) is 0 Å². The lowest BCUT2D eigenvalue weighted by atomic mass is 9.87. The number of hydrogen-bond acceptors (Lipinski definition) is 4. The first-order valence-electron chi connectivity index (χ1n) is 10.8. The van der Waals surface area contributed by atoms with Crippen molar-refractivity contribution in [1.82, 2.24) is 19.4 Å². The maximum absolute atomic E-state index is 13.5. The normalized spacial score (nSPS) is 16.6. The first-order chi connectivity index (χ1) is 14.9. The van der Waals surface area contributed by atoms with Crippen LogP contribution in [0.3, 0.4) is 0 Å². The van der Waals surface area contributed by atoms with Crippen LogP contribution in [0.25, 0.3) is 0 Å². The number of nitrogens with zero attached hydrogens (tertiary/aromatic N) is 3. The zero-order chi connectivity index (χ0) is 23.6. The highest BCUT2D eigenvalue weighted by molar-refractivity contribution is 7.89. The summed E-state index contributed by atoms with van der Waals surface area (Å²) < 4.78 is 68.1. The summed E-state index contributed by atoms with van der Waals surface area (Å²) in [6.07, 6.45) is -1.47. The first kappa shape index (κ1) is 24.7. The van der Waals surface area contributed by atoms with Crippen molar-refractivity contribution in [2.24, 2.45) is 0 Å². The van der Waals surface area contributed by atoms with Gasteiger partial charge in [0.15, 0.2) is 5.69 Å². The molecular formula is C22H31F3N4O2S. The van der Waals surface area contributed by atoms with Crippen LogP contribution in [0.15, 0.2) is 41.4 Å². The Labute approximate surface area is 187 Å². The van der Waals surface area contributed by atoms with Crippen LogP contribution in [0.4, 0.5) is 13.2 Å². The number of aromatic nitrogens is 2. The van der Waals surface area contributed by atoms with Crippen LogP contribution in [-0.4, -0.2) is 48.2 Å². The van der Waals surface area contributed by atoms with Gasteiger partial charge in [-0.1, -0.05) is 32.9 Å². The van der Waals surface area contributed by atoms with E-state index >= 15 is 0 Å². The molecule has 0 saturated carbocycles. The van der Waals surface area contributed by atoms with Gasteiger partial charge < -0.3 is 5.32 Å². The van der Waals surface area contributed by atoms with Crippen LogP contribution in [0.5, 0.6) is 0 Å². The van der Waals surface area contributed by atoms with Crippen molar-refractivity contribution in [1.29, 1.82) is 0 Å². The Hall–Kier alpha value is -1.91. The molecule has 0 amide bonds. The van der Waals surface area contributed by atoms with Gasteiger partial charge in [0.1, 0.15) is 0 Å². The predicted molar refractivity (Wildman–Crippen MR) is 117 cm³/mol. The highest BCUT2D eigenvalue weighted by Gasteiger charge is 2.34. The van der Waals surface area contributed by atoms with Crippen LogP contribution < -0.4 is 5.32 Å². The average Bonchev–Trinajstić information content (AvgIpc) is 3.21. The highest BCUT2D eigenvalue weighted by atomic mass is 32.2. The van der Waals surface area contributed by atoms with Crippen LogP contribution in [0.2, 0.25) is 0 Å². The molecule has 0 spiro atoms. The number of alkyl halides is 3. The van der Waals surface area contributed by atoms with Gasteiger partial charge in [-0.05, 0) is 61.5 Å². The fourth-order valence-corrected chi connectivity index (χ4v) is 5.61. The zero-order valence-corrected chi connectivity index (χ0v) is 19.5. The summed E-state index contributed by atoms with van der Waals surface area (Å²) in [5.74, 6) is 0. The van der Waals surface area contributed by atoms with Crippen molar-refractivity contribution in [3.63, 3.8) is 0 Å². The Morgan fingerprint density at radius 3 is 2.25 bits per heavy atom. The van der Waals surface area contributed by atoms with Gasteiger partial charge in [-0.3, -0.25) is 4.68 Å². The number of sulfonamides is 1. The Morgan fingerprint density at radius 2 is 1.72 bits per heavy atom. The molecule has 0 unspecified atom stereocenters. The minimum atomic E-state index is -4.49. The number of rotatable bonds is 7. The fourth-order valence-electron chi connectivity index (χ4n) is 3.88. The van der Waals surface area contributed by atoms with Gasteiger partial charge >= 0.3 is 6.18 Å². The molecular weight excluding hydrogens is 441 g/mol. The Bertz CT molecular complexity index is 989. The van der Waals surface area contributed by atoms with Crippen LogP contribution >= 0.6 is 0 Å². The van der Waals surface area contributed by atoms with E-state index in [1.807, 2.05) is 12.1 Å². The third-order valence-corrected chi connectivity index (χ3v) is 7.71. The molecule has 6 nitrogen and oxygen atoms in total. The van der Waals surface area contributed by atoms with Crippen molar-refractivity contribution in [2.75, 3.05) is 19.6 Å². The average molecular weight is 473 g/mol. The fraction of sp³-hybridized carbons (Fsp3) is 0.591.